The van der Waals surface area contributed by atoms with Crippen molar-refractivity contribution in [3.63, 3.8) is 0 Å². The molecule has 3 aromatic rings. The second kappa shape index (κ2) is 6.49. The third kappa shape index (κ3) is 3.04. The van der Waals surface area contributed by atoms with E-state index >= 15 is 0 Å². The number of pyridine rings is 1. The molecule has 0 saturated carbocycles. The zero-order valence-corrected chi connectivity index (χ0v) is 13.8. The number of ether oxygens (including phenoxy) is 1. The second-order valence-electron chi connectivity index (χ2n) is 6.07. The lowest BCUT2D eigenvalue weighted by Gasteiger charge is -2.24. The van der Waals surface area contributed by atoms with Crippen LogP contribution in [0, 0.1) is 6.92 Å². The fraction of sp³-hybridized carbons (Fsp3) is 0.211. The molecule has 1 aliphatic heterocycles. The molecule has 1 unspecified atom stereocenters. The molecule has 25 heavy (non-hydrogen) atoms. The number of H-pyrrole nitrogens is 1. The van der Waals surface area contributed by atoms with Crippen LogP contribution < -0.4 is 5.32 Å². The third-order valence-corrected chi connectivity index (χ3v) is 4.47. The molecule has 6 heteroatoms. The zero-order chi connectivity index (χ0) is 17.2. The molecule has 2 aromatic heterocycles. The van der Waals surface area contributed by atoms with Gasteiger partial charge in [-0.1, -0.05) is 24.3 Å². The number of hydrogen-bond donors (Lipinski definition) is 2. The maximum atomic E-state index is 12.6. The van der Waals surface area contributed by atoms with E-state index in [9.17, 15) is 4.79 Å². The zero-order valence-electron chi connectivity index (χ0n) is 13.8. The second-order valence-corrected chi connectivity index (χ2v) is 6.07. The Bertz CT molecular complexity index is 905. The van der Waals surface area contributed by atoms with Gasteiger partial charge in [-0.3, -0.25) is 14.9 Å². The van der Waals surface area contributed by atoms with Gasteiger partial charge in [0.25, 0.3) is 5.91 Å². The molecule has 126 valence electrons. The van der Waals surface area contributed by atoms with Gasteiger partial charge in [0.05, 0.1) is 12.3 Å². The smallest absolute Gasteiger partial charge is 0.255 e. The lowest BCUT2D eigenvalue weighted by atomic mass is 9.99. The molecule has 2 N–H and O–H groups in total. The summed E-state index contributed by atoms with van der Waals surface area (Å²) in [4.78, 5) is 16.6. The van der Waals surface area contributed by atoms with Crippen molar-refractivity contribution in [3.05, 3.63) is 65.5 Å². The molecule has 6 nitrogen and oxygen atoms in total. The molecule has 1 aliphatic rings. The van der Waals surface area contributed by atoms with Gasteiger partial charge < -0.3 is 10.1 Å². The fourth-order valence-corrected chi connectivity index (χ4v) is 3.03. The monoisotopic (exact) mass is 334 g/mol. The van der Waals surface area contributed by atoms with Crippen molar-refractivity contribution in [2.75, 3.05) is 5.32 Å². The molecule has 0 radical (unpaired) electrons. The van der Waals surface area contributed by atoms with Gasteiger partial charge in [-0.05, 0) is 30.2 Å². The van der Waals surface area contributed by atoms with Crippen LogP contribution in [0.5, 0.6) is 0 Å². The average molecular weight is 334 g/mol. The highest BCUT2D eigenvalue weighted by Gasteiger charge is 2.26. The minimum Gasteiger partial charge on any atom is -0.363 e. The average Bonchev–Trinajstić information content (AvgIpc) is 3.02. The molecule has 0 fully saturated rings. The van der Waals surface area contributed by atoms with E-state index in [-0.39, 0.29) is 5.91 Å². The van der Waals surface area contributed by atoms with Gasteiger partial charge in [0.2, 0.25) is 0 Å². The maximum absolute atomic E-state index is 12.6. The Kier molecular flexibility index (Phi) is 4.03. The number of fused-ring (bicyclic) bond motifs is 1. The number of rotatable bonds is 3. The Morgan fingerprint density at radius 1 is 1.20 bits per heavy atom. The topological polar surface area (TPSA) is 79.9 Å². The van der Waals surface area contributed by atoms with E-state index in [1.54, 1.807) is 12.4 Å². The van der Waals surface area contributed by atoms with Crippen LogP contribution in [0.4, 0.5) is 5.82 Å². The van der Waals surface area contributed by atoms with Crippen LogP contribution in [-0.2, 0) is 22.6 Å². The van der Waals surface area contributed by atoms with Crippen LogP contribution in [0.3, 0.4) is 0 Å². The number of carbonyl (C=O) groups excluding carboxylic acids is 1. The predicted molar refractivity (Wildman–Crippen MR) is 93.9 cm³/mol. The van der Waals surface area contributed by atoms with Crippen LogP contribution >= 0.6 is 0 Å². The molecule has 3 heterocycles. The van der Waals surface area contributed by atoms with Gasteiger partial charge in [-0.25, -0.2) is 0 Å². The van der Waals surface area contributed by atoms with E-state index in [0.29, 0.717) is 18.8 Å². The first-order valence-corrected chi connectivity index (χ1v) is 8.17. The number of hydrogen-bond acceptors (Lipinski definition) is 4. The normalized spacial score (nSPS) is 16.3. The third-order valence-electron chi connectivity index (χ3n) is 4.47. The van der Waals surface area contributed by atoms with Gasteiger partial charge in [-0.2, -0.15) is 5.10 Å². The van der Waals surface area contributed by atoms with Crippen molar-refractivity contribution in [2.45, 2.75) is 26.1 Å². The molecule has 0 saturated heterocycles. The summed E-state index contributed by atoms with van der Waals surface area (Å²) in [5, 5.41) is 10.1. The summed E-state index contributed by atoms with van der Waals surface area (Å²) in [5.41, 5.74) is 4.94. The van der Waals surface area contributed by atoms with Crippen molar-refractivity contribution in [3.8, 4) is 11.3 Å². The SMILES string of the molecule is Cc1c(-c2ccncc2)n[nH]c1NC(=O)C1Cc2ccccc2CO1. The minimum absolute atomic E-state index is 0.164. The predicted octanol–water partition coefficient (Wildman–Crippen LogP) is 2.86. The quantitative estimate of drug-likeness (QED) is 0.772. The van der Waals surface area contributed by atoms with Crippen LogP contribution in [0.25, 0.3) is 11.3 Å². The number of anilines is 1. The summed E-state index contributed by atoms with van der Waals surface area (Å²) in [6.45, 7) is 2.38. The van der Waals surface area contributed by atoms with Gasteiger partial charge in [-0.15, -0.1) is 0 Å². The van der Waals surface area contributed by atoms with E-state index in [1.165, 1.54) is 0 Å². The first kappa shape index (κ1) is 15.5. The first-order valence-electron chi connectivity index (χ1n) is 8.17. The molecule has 1 aromatic carbocycles. The molecule has 0 aliphatic carbocycles. The van der Waals surface area contributed by atoms with Crippen molar-refractivity contribution >= 4 is 11.7 Å². The summed E-state index contributed by atoms with van der Waals surface area (Å²) >= 11 is 0. The van der Waals surface area contributed by atoms with Gasteiger partial charge in [0, 0.05) is 29.9 Å². The summed E-state index contributed by atoms with van der Waals surface area (Å²) in [6.07, 6.45) is 3.51. The summed E-state index contributed by atoms with van der Waals surface area (Å²) < 4.78 is 5.72. The van der Waals surface area contributed by atoms with E-state index in [4.69, 9.17) is 4.74 Å². The lowest BCUT2D eigenvalue weighted by Crippen LogP contribution is -2.35. The van der Waals surface area contributed by atoms with Crippen LogP contribution in [-0.4, -0.2) is 27.2 Å². The number of nitrogens with zero attached hydrogens (tertiary/aromatic N) is 2. The standard InChI is InChI=1S/C19H18N4O2/c1-12-17(13-6-8-20-9-7-13)22-23-18(12)21-19(24)16-10-14-4-2-3-5-15(14)11-25-16/h2-9,16H,10-11H2,1H3,(H2,21,22,23,24). The van der Waals surface area contributed by atoms with E-state index < -0.39 is 6.10 Å². The minimum atomic E-state index is -0.498. The molecular weight excluding hydrogens is 316 g/mol. The highest BCUT2D eigenvalue weighted by molar-refractivity contribution is 5.95. The van der Waals surface area contributed by atoms with Crippen molar-refractivity contribution in [2.24, 2.45) is 0 Å². The van der Waals surface area contributed by atoms with E-state index in [1.807, 2.05) is 43.3 Å². The molecule has 0 spiro atoms. The summed E-state index contributed by atoms with van der Waals surface area (Å²) in [5.74, 6) is 0.432. The Balaban J connectivity index is 1.50. The van der Waals surface area contributed by atoms with Crippen LogP contribution in [0.15, 0.2) is 48.8 Å². The van der Waals surface area contributed by atoms with Gasteiger partial charge >= 0.3 is 0 Å². The highest BCUT2D eigenvalue weighted by atomic mass is 16.5. The Hall–Kier alpha value is -2.99. The molecule has 4 rings (SSSR count). The van der Waals surface area contributed by atoms with Crippen LogP contribution in [0.1, 0.15) is 16.7 Å². The van der Waals surface area contributed by atoms with Crippen molar-refractivity contribution in [1.29, 1.82) is 0 Å². The number of nitrogens with one attached hydrogen (secondary N) is 2. The Morgan fingerprint density at radius 3 is 2.76 bits per heavy atom. The number of aromatic amines is 1. The molecular formula is C19H18N4O2. The lowest BCUT2D eigenvalue weighted by molar-refractivity contribution is -0.129. The number of aromatic nitrogens is 3. The first-order chi connectivity index (χ1) is 12.2. The number of benzene rings is 1. The maximum Gasteiger partial charge on any atom is 0.255 e. The van der Waals surface area contributed by atoms with Crippen molar-refractivity contribution in [1.82, 2.24) is 15.2 Å². The molecule has 1 amide bonds. The number of amides is 1. The summed E-state index contributed by atoms with van der Waals surface area (Å²) in [6, 6.07) is 11.8. The van der Waals surface area contributed by atoms with E-state index in [0.717, 1.165) is 27.9 Å². The largest absolute Gasteiger partial charge is 0.363 e. The molecule has 1 atom stereocenters. The van der Waals surface area contributed by atoms with Gasteiger partial charge in [0.15, 0.2) is 0 Å². The Morgan fingerprint density at radius 2 is 1.96 bits per heavy atom. The van der Waals surface area contributed by atoms with Gasteiger partial charge in [0.1, 0.15) is 11.9 Å². The number of carbonyl (C=O) groups is 1. The van der Waals surface area contributed by atoms with Crippen molar-refractivity contribution < 1.29 is 9.53 Å². The van der Waals surface area contributed by atoms with Crippen LogP contribution in [0.2, 0.25) is 0 Å². The van der Waals surface area contributed by atoms with E-state index in [2.05, 4.69) is 20.5 Å². The summed E-state index contributed by atoms with van der Waals surface area (Å²) in [7, 11) is 0. The fourth-order valence-electron chi connectivity index (χ4n) is 3.03. The molecule has 0 bridgehead atoms. The highest BCUT2D eigenvalue weighted by Crippen LogP contribution is 2.26. The Labute approximate surface area is 145 Å².